The summed E-state index contributed by atoms with van der Waals surface area (Å²) in [6, 6.07) is -0.445. The van der Waals surface area contributed by atoms with E-state index in [1.165, 1.54) is 16.0 Å². The molecule has 0 saturated heterocycles. The van der Waals surface area contributed by atoms with E-state index in [4.69, 9.17) is 0 Å². The fourth-order valence-corrected chi connectivity index (χ4v) is 3.92. The van der Waals surface area contributed by atoms with Gasteiger partial charge in [0.25, 0.3) is 11.8 Å². The molecule has 0 spiro atoms. The number of halogens is 2. The third kappa shape index (κ3) is 4.36. The van der Waals surface area contributed by atoms with Crippen molar-refractivity contribution < 1.29 is 13.6 Å². The molecule has 11 heteroatoms. The molecule has 1 aliphatic carbocycles. The highest BCUT2D eigenvalue weighted by molar-refractivity contribution is 7.13. The first-order valence-electron chi connectivity index (χ1n) is 9.43. The van der Waals surface area contributed by atoms with Crippen LogP contribution < -0.4 is 5.32 Å². The summed E-state index contributed by atoms with van der Waals surface area (Å²) in [5.74, 6) is -3.13. The molecule has 160 valence electrons. The fourth-order valence-electron chi connectivity index (χ4n) is 3.13. The van der Waals surface area contributed by atoms with Gasteiger partial charge in [-0.15, -0.1) is 11.3 Å². The van der Waals surface area contributed by atoms with Crippen LogP contribution >= 0.6 is 11.3 Å². The highest BCUT2D eigenvalue weighted by atomic mass is 32.1. The Balaban J connectivity index is 1.62. The van der Waals surface area contributed by atoms with Crippen molar-refractivity contribution in [2.45, 2.75) is 31.7 Å². The number of allylic oxidation sites excluding steroid dienone is 3. The number of anilines is 1. The van der Waals surface area contributed by atoms with Crippen molar-refractivity contribution in [3.8, 4) is 10.6 Å². The summed E-state index contributed by atoms with van der Waals surface area (Å²) in [4.78, 5) is 21.1. The van der Waals surface area contributed by atoms with Gasteiger partial charge in [-0.2, -0.15) is 10.2 Å². The summed E-state index contributed by atoms with van der Waals surface area (Å²) in [5.41, 5.74) is 2.11. The molecule has 1 aliphatic rings. The van der Waals surface area contributed by atoms with E-state index >= 15 is 0 Å². The molecule has 1 saturated carbocycles. The molecule has 0 unspecified atom stereocenters. The van der Waals surface area contributed by atoms with Crippen molar-refractivity contribution in [2.24, 2.45) is 4.99 Å². The molecular weight excluding hydrogens is 424 g/mol. The molecule has 0 atom stereocenters. The Morgan fingerprint density at radius 1 is 1.48 bits per heavy atom. The minimum atomic E-state index is -2.69. The van der Waals surface area contributed by atoms with Crippen molar-refractivity contribution in [2.75, 3.05) is 5.32 Å². The van der Waals surface area contributed by atoms with Crippen LogP contribution in [0.25, 0.3) is 16.3 Å². The molecule has 0 aliphatic heterocycles. The van der Waals surface area contributed by atoms with E-state index in [1.54, 1.807) is 42.2 Å². The first-order valence-corrected chi connectivity index (χ1v) is 10.3. The van der Waals surface area contributed by atoms with E-state index in [9.17, 15) is 13.6 Å². The molecule has 31 heavy (non-hydrogen) atoms. The van der Waals surface area contributed by atoms with Crippen LogP contribution in [-0.2, 0) is 0 Å². The largest absolute Gasteiger partial charge is 0.317 e. The summed E-state index contributed by atoms with van der Waals surface area (Å²) in [6.07, 6.45) is 9.50. The Morgan fingerprint density at radius 3 is 2.94 bits per heavy atom. The number of aromatic nitrogens is 5. The summed E-state index contributed by atoms with van der Waals surface area (Å²) in [7, 11) is 0. The Morgan fingerprint density at radius 2 is 2.29 bits per heavy atom. The van der Waals surface area contributed by atoms with Crippen molar-refractivity contribution in [3.05, 3.63) is 53.6 Å². The molecule has 8 nitrogen and oxygen atoms in total. The number of carbonyl (C=O) groups is 1. The number of aliphatic imine (C=N–C) groups is 1. The van der Waals surface area contributed by atoms with Crippen LogP contribution in [0.1, 0.15) is 42.0 Å². The zero-order valence-corrected chi connectivity index (χ0v) is 17.4. The number of carbonyl (C=O) groups excluding carboxylic acids is 1. The summed E-state index contributed by atoms with van der Waals surface area (Å²) < 4.78 is 28.2. The number of alkyl halides is 2. The maximum atomic E-state index is 13.3. The van der Waals surface area contributed by atoms with Crippen LogP contribution in [0.2, 0.25) is 0 Å². The minimum absolute atomic E-state index is 0.223. The van der Waals surface area contributed by atoms with Gasteiger partial charge in [0.1, 0.15) is 16.4 Å². The molecule has 3 aromatic rings. The van der Waals surface area contributed by atoms with E-state index in [1.807, 2.05) is 6.92 Å². The van der Waals surface area contributed by atoms with Crippen molar-refractivity contribution >= 4 is 35.3 Å². The molecular formula is C20H19F2N7OS. The standard InChI is InChI=1S/C20H19F2N7OS/c1-3-4-5-14(23-2)17-15(10-29(28-17)13-6-20(21,22)7-13)26-18(30)16-11-31-19(27-16)12-8-24-25-9-12/h3-5,8-11,13H,2,6-7H2,1H3,(H,24,25)(H,26,30)/b4-3-,14-5-. The minimum Gasteiger partial charge on any atom is -0.317 e. The van der Waals surface area contributed by atoms with Crippen LogP contribution in [0.4, 0.5) is 14.5 Å². The zero-order valence-electron chi connectivity index (χ0n) is 16.5. The highest BCUT2D eigenvalue weighted by Gasteiger charge is 2.47. The molecule has 4 rings (SSSR count). The topological polar surface area (TPSA) is 101 Å². The van der Waals surface area contributed by atoms with Crippen molar-refractivity contribution in [3.63, 3.8) is 0 Å². The predicted molar refractivity (Wildman–Crippen MR) is 115 cm³/mol. The number of nitrogens with one attached hydrogen (secondary N) is 2. The van der Waals surface area contributed by atoms with Gasteiger partial charge in [-0.3, -0.25) is 19.6 Å². The van der Waals surface area contributed by atoms with Crippen molar-refractivity contribution in [1.82, 2.24) is 25.0 Å². The molecule has 1 amide bonds. The number of amides is 1. The van der Waals surface area contributed by atoms with Gasteiger partial charge in [-0.05, 0) is 19.7 Å². The lowest BCUT2D eigenvalue weighted by Gasteiger charge is -2.34. The summed E-state index contributed by atoms with van der Waals surface area (Å²) >= 11 is 1.31. The summed E-state index contributed by atoms with van der Waals surface area (Å²) in [5, 5.41) is 16.1. The van der Waals surface area contributed by atoms with Crippen LogP contribution in [0.5, 0.6) is 0 Å². The van der Waals surface area contributed by atoms with Gasteiger partial charge < -0.3 is 5.32 Å². The van der Waals surface area contributed by atoms with Gasteiger partial charge in [0.05, 0.1) is 23.6 Å². The SMILES string of the molecule is C=N/C(=C\C=C/C)c1nn(C2CC(F)(F)C2)cc1NC(=O)c1csc(-c2cn[nH]c2)n1. The first-order chi connectivity index (χ1) is 14.9. The second-order valence-corrected chi connectivity index (χ2v) is 7.86. The second kappa shape index (κ2) is 8.34. The van der Waals surface area contributed by atoms with Gasteiger partial charge >= 0.3 is 0 Å². The van der Waals surface area contributed by atoms with E-state index < -0.39 is 17.9 Å². The average molecular weight is 443 g/mol. The maximum absolute atomic E-state index is 13.3. The predicted octanol–water partition coefficient (Wildman–Crippen LogP) is 4.57. The van der Waals surface area contributed by atoms with Gasteiger partial charge in [0, 0.05) is 36.2 Å². The van der Waals surface area contributed by atoms with E-state index in [2.05, 4.69) is 37.3 Å². The Kier molecular flexibility index (Phi) is 5.59. The molecule has 0 aromatic carbocycles. The van der Waals surface area contributed by atoms with Crippen LogP contribution in [0.3, 0.4) is 0 Å². The number of thiazole rings is 1. The lowest BCUT2D eigenvalue weighted by Crippen LogP contribution is -2.37. The third-order valence-corrected chi connectivity index (χ3v) is 5.66. The first kappa shape index (κ1) is 20.8. The smallest absolute Gasteiger partial charge is 0.275 e. The molecule has 2 N–H and O–H groups in total. The van der Waals surface area contributed by atoms with Gasteiger partial charge in [0.2, 0.25) is 0 Å². The molecule has 3 aromatic heterocycles. The number of hydrogen-bond donors (Lipinski definition) is 2. The van der Waals surface area contributed by atoms with Crippen LogP contribution in [0, 0.1) is 0 Å². The number of hydrogen-bond acceptors (Lipinski definition) is 6. The second-order valence-electron chi connectivity index (χ2n) is 7.00. The number of rotatable bonds is 7. The Hall–Kier alpha value is -3.47. The molecule has 1 fully saturated rings. The van der Waals surface area contributed by atoms with E-state index in [-0.39, 0.29) is 18.5 Å². The van der Waals surface area contributed by atoms with Gasteiger partial charge in [0.15, 0.2) is 0 Å². The highest BCUT2D eigenvalue weighted by Crippen LogP contribution is 2.45. The fraction of sp³-hybridized carbons (Fsp3) is 0.250. The quantitative estimate of drug-likeness (QED) is 0.413. The number of aromatic amines is 1. The van der Waals surface area contributed by atoms with Crippen molar-refractivity contribution in [1.29, 1.82) is 0 Å². The van der Waals surface area contributed by atoms with E-state index in [0.717, 1.165) is 5.56 Å². The molecule has 0 bridgehead atoms. The summed E-state index contributed by atoms with van der Waals surface area (Å²) in [6.45, 7) is 5.40. The number of nitrogens with zero attached hydrogens (tertiary/aromatic N) is 5. The average Bonchev–Trinajstić information content (AvgIpc) is 3.47. The van der Waals surface area contributed by atoms with Gasteiger partial charge in [-0.1, -0.05) is 12.2 Å². The van der Waals surface area contributed by atoms with Gasteiger partial charge in [-0.25, -0.2) is 13.8 Å². The molecule has 0 radical (unpaired) electrons. The maximum Gasteiger partial charge on any atom is 0.275 e. The van der Waals surface area contributed by atoms with Crippen LogP contribution in [0.15, 0.2) is 47.2 Å². The van der Waals surface area contributed by atoms with Crippen LogP contribution in [-0.4, -0.2) is 43.5 Å². The number of H-pyrrole nitrogens is 1. The Labute approximate surface area is 180 Å². The lowest BCUT2D eigenvalue weighted by molar-refractivity contribution is -0.106. The van der Waals surface area contributed by atoms with E-state index in [0.29, 0.717) is 22.1 Å². The molecule has 3 heterocycles. The monoisotopic (exact) mass is 443 g/mol. The Bertz CT molecular complexity index is 1150. The normalized spacial score (nSPS) is 16.4. The zero-order chi connectivity index (χ0) is 22.0. The lowest BCUT2D eigenvalue weighted by atomic mass is 9.88. The third-order valence-electron chi connectivity index (χ3n) is 4.76.